The van der Waals surface area contributed by atoms with Gasteiger partial charge in [0.15, 0.2) is 5.82 Å². The predicted octanol–water partition coefficient (Wildman–Crippen LogP) is 1.41. The lowest BCUT2D eigenvalue weighted by molar-refractivity contribution is 0.391. The van der Waals surface area contributed by atoms with Crippen LogP contribution in [0.4, 0.5) is 5.82 Å². The van der Waals surface area contributed by atoms with E-state index in [9.17, 15) is 4.79 Å². The molecule has 106 valence electrons. The molecule has 0 saturated heterocycles. The Kier molecular flexibility index (Phi) is 4.24. The average Bonchev–Trinajstić information content (AvgIpc) is 2.48. The summed E-state index contributed by atoms with van der Waals surface area (Å²) in [6.45, 7) is 0.444. The summed E-state index contributed by atoms with van der Waals surface area (Å²) in [7, 11) is 4.88. The summed E-state index contributed by atoms with van der Waals surface area (Å²) in [6.07, 6.45) is 3.19. The van der Waals surface area contributed by atoms with E-state index in [-0.39, 0.29) is 5.56 Å². The molecule has 0 atom stereocenters. The van der Waals surface area contributed by atoms with Crippen molar-refractivity contribution in [1.29, 1.82) is 0 Å². The Labute approximate surface area is 117 Å². The van der Waals surface area contributed by atoms with Crippen molar-refractivity contribution < 1.29 is 9.47 Å². The van der Waals surface area contributed by atoms with Crippen molar-refractivity contribution >= 4 is 5.82 Å². The first-order valence-corrected chi connectivity index (χ1v) is 6.12. The number of hydrogen-bond acceptors (Lipinski definition) is 5. The highest BCUT2D eigenvalue weighted by Crippen LogP contribution is 2.24. The summed E-state index contributed by atoms with van der Waals surface area (Å²) in [4.78, 5) is 15.9. The summed E-state index contributed by atoms with van der Waals surface area (Å²) in [5.41, 5.74) is 0.751. The molecule has 2 aromatic rings. The van der Waals surface area contributed by atoms with Gasteiger partial charge in [-0.2, -0.15) is 0 Å². The molecule has 0 radical (unpaired) electrons. The number of rotatable bonds is 5. The van der Waals surface area contributed by atoms with Gasteiger partial charge in [0, 0.05) is 37.6 Å². The first kappa shape index (κ1) is 13.9. The van der Waals surface area contributed by atoms with Crippen molar-refractivity contribution in [2.75, 3.05) is 19.5 Å². The fraction of sp³-hybridized carbons (Fsp3) is 0.286. The van der Waals surface area contributed by atoms with Crippen molar-refractivity contribution in [3.63, 3.8) is 0 Å². The summed E-state index contributed by atoms with van der Waals surface area (Å²) in [6, 6.07) is 5.53. The molecule has 0 aliphatic rings. The van der Waals surface area contributed by atoms with Gasteiger partial charge in [0.05, 0.1) is 14.2 Å². The van der Waals surface area contributed by atoms with Crippen LogP contribution in [0.25, 0.3) is 0 Å². The summed E-state index contributed by atoms with van der Waals surface area (Å²) >= 11 is 0. The largest absolute Gasteiger partial charge is 0.497 e. The monoisotopic (exact) mass is 275 g/mol. The molecule has 6 heteroatoms. The summed E-state index contributed by atoms with van der Waals surface area (Å²) in [5, 5.41) is 3.02. The minimum absolute atomic E-state index is 0.167. The van der Waals surface area contributed by atoms with Gasteiger partial charge in [-0.15, -0.1) is 0 Å². The lowest BCUT2D eigenvalue weighted by Crippen LogP contribution is -2.21. The molecule has 0 saturated carbocycles. The zero-order chi connectivity index (χ0) is 14.5. The normalized spacial score (nSPS) is 10.2. The van der Waals surface area contributed by atoms with Crippen LogP contribution < -0.4 is 20.3 Å². The minimum atomic E-state index is -0.167. The molecule has 0 aliphatic carbocycles. The van der Waals surface area contributed by atoms with E-state index in [1.54, 1.807) is 39.7 Å². The zero-order valence-electron chi connectivity index (χ0n) is 11.7. The number of nitrogens with zero attached hydrogens (tertiary/aromatic N) is 2. The highest BCUT2D eigenvalue weighted by atomic mass is 16.5. The summed E-state index contributed by atoms with van der Waals surface area (Å²) in [5.74, 6) is 1.73. The molecule has 1 N–H and O–H groups in total. The van der Waals surface area contributed by atoms with Gasteiger partial charge < -0.3 is 19.4 Å². The van der Waals surface area contributed by atoms with Crippen molar-refractivity contribution in [2.24, 2.45) is 7.05 Å². The number of benzene rings is 1. The van der Waals surface area contributed by atoms with Crippen LogP contribution in [0, 0.1) is 0 Å². The topological polar surface area (TPSA) is 65.4 Å². The second kappa shape index (κ2) is 6.10. The van der Waals surface area contributed by atoms with E-state index in [1.807, 2.05) is 12.1 Å². The van der Waals surface area contributed by atoms with E-state index in [0.29, 0.717) is 18.1 Å². The fourth-order valence-corrected chi connectivity index (χ4v) is 1.80. The van der Waals surface area contributed by atoms with Gasteiger partial charge in [-0.1, -0.05) is 0 Å². The number of methoxy groups -OCH3 is 2. The molecular weight excluding hydrogens is 258 g/mol. The molecule has 0 aliphatic heterocycles. The van der Waals surface area contributed by atoms with Crippen molar-refractivity contribution in [2.45, 2.75) is 6.54 Å². The highest BCUT2D eigenvalue weighted by molar-refractivity contribution is 5.43. The number of aromatic nitrogens is 2. The van der Waals surface area contributed by atoms with Gasteiger partial charge in [-0.25, -0.2) is 4.98 Å². The number of aryl methyl sites for hydroxylation is 1. The average molecular weight is 275 g/mol. The van der Waals surface area contributed by atoms with Gasteiger partial charge in [-0.3, -0.25) is 4.79 Å². The molecule has 1 heterocycles. The third kappa shape index (κ3) is 2.90. The van der Waals surface area contributed by atoms with E-state index >= 15 is 0 Å². The first-order valence-electron chi connectivity index (χ1n) is 6.12. The Morgan fingerprint density at radius 2 is 2.10 bits per heavy atom. The van der Waals surface area contributed by atoms with Gasteiger partial charge in [0.25, 0.3) is 5.56 Å². The first-order chi connectivity index (χ1) is 9.65. The van der Waals surface area contributed by atoms with E-state index < -0.39 is 0 Å². The summed E-state index contributed by atoms with van der Waals surface area (Å²) < 4.78 is 11.9. The Hall–Kier alpha value is -2.50. The maximum Gasteiger partial charge on any atom is 0.293 e. The minimum Gasteiger partial charge on any atom is -0.497 e. The smallest absolute Gasteiger partial charge is 0.293 e. The number of hydrogen-bond donors (Lipinski definition) is 1. The molecule has 2 rings (SSSR count). The van der Waals surface area contributed by atoms with Gasteiger partial charge >= 0.3 is 0 Å². The number of anilines is 1. The molecule has 0 fully saturated rings. The third-order valence-corrected chi connectivity index (χ3v) is 2.96. The Balaban J connectivity index is 2.18. The van der Waals surface area contributed by atoms with E-state index in [1.165, 1.54) is 4.57 Å². The van der Waals surface area contributed by atoms with Crippen LogP contribution in [-0.4, -0.2) is 23.8 Å². The van der Waals surface area contributed by atoms with Crippen molar-refractivity contribution in [3.8, 4) is 11.5 Å². The molecule has 1 aromatic carbocycles. The fourth-order valence-electron chi connectivity index (χ4n) is 1.80. The molecule has 6 nitrogen and oxygen atoms in total. The van der Waals surface area contributed by atoms with Crippen LogP contribution in [-0.2, 0) is 13.6 Å². The molecule has 0 unspecified atom stereocenters. The van der Waals surface area contributed by atoms with Crippen LogP contribution in [0.15, 0.2) is 35.4 Å². The van der Waals surface area contributed by atoms with Crippen molar-refractivity contribution in [3.05, 3.63) is 46.5 Å². The van der Waals surface area contributed by atoms with Crippen LogP contribution in [0.2, 0.25) is 0 Å². The van der Waals surface area contributed by atoms with Crippen LogP contribution >= 0.6 is 0 Å². The second-order valence-corrected chi connectivity index (χ2v) is 4.22. The molecule has 0 spiro atoms. The number of ether oxygens (including phenoxy) is 2. The molecule has 0 bridgehead atoms. The highest BCUT2D eigenvalue weighted by Gasteiger charge is 2.07. The van der Waals surface area contributed by atoms with Gasteiger partial charge in [-0.05, 0) is 12.1 Å². The molecule has 1 aromatic heterocycles. The second-order valence-electron chi connectivity index (χ2n) is 4.22. The molecule has 20 heavy (non-hydrogen) atoms. The lowest BCUT2D eigenvalue weighted by Gasteiger charge is -2.11. The van der Waals surface area contributed by atoms with Gasteiger partial charge in [0.2, 0.25) is 0 Å². The maximum absolute atomic E-state index is 11.8. The Bertz CT molecular complexity index is 652. The third-order valence-electron chi connectivity index (χ3n) is 2.96. The Morgan fingerprint density at radius 1 is 1.30 bits per heavy atom. The quantitative estimate of drug-likeness (QED) is 0.893. The van der Waals surface area contributed by atoms with Crippen LogP contribution in [0.3, 0.4) is 0 Å². The standard InChI is InChI=1S/C14H17N3O3/c1-17-7-6-15-13(14(17)18)16-9-10-4-5-11(19-2)8-12(10)20-3/h4-8H,9H2,1-3H3,(H,15,16). The number of nitrogens with one attached hydrogen (secondary N) is 1. The molecule has 0 amide bonds. The Morgan fingerprint density at radius 3 is 2.80 bits per heavy atom. The molecular formula is C14H17N3O3. The van der Waals surface area contributed by atoms with E-state index in [4.69, 9.17) is 9.47 Å². The van der Waals surface area contributed by atoms with Gasteiger partial charge in [0.1, 0.15) is 11.5 Å². The van der Waals surface area contributed by atoms with E-state index in [2.05, 4.69) is 10.3 Å². The SMILES string of the molecule is COc1ccc(CNc2nccn(C)c2=O)c(OC)c1. The zero-order valence-corrected chi connectivity index (χ0v) is 11.7. The maximum atomic E-state index is 11.8. The van der Waals surface area contributed by atoms with Crippen molar-refractivity contribution in [1.82, 2.24) is 9.55 Å². The van der Waals surface area contributed by atoms with E-state index in [0.717, 1.165) is 11.3 Å². The lowest BCUT2D eigenvalue weighted by atomic mass is 10.2. The van der Waals surface area contributed by atoms with Crippen LogP contribution in [0.5, 0.6) is 11.5 Å². The van der Waals surface area contributed by atoms with Crippen LogP contribution in [0.1, 0.15) is 5.56 Å². The predicted molar refractivity (Wildman–Crippen MR) is 76.4 cm³/mol.